The smallest absolute Gasteiger partial charge is 0.211 e. The standard InChI is InChI=1S/C18H30ClFN4O2S.HI/c1-6-24(27(5,25)26)11-7-10-22-17(21-4)23-13-18(2,3)15-9-8-14(20)12-16(15)19;/h8-9,12H,6-7,10-11,13H2,1-5H3,(H2,21,22,23);1H. The first-order valence-electron chi connectivity index (χ1n) is 8.86. The number of benzene rings is 1. The second kappa shape index (κ2) is 12.1. The molecule has 0 aliphatic rings. The zero-order valence-corrected chi connectivity index (χ0v) is 21.0. The molecular weight excluding hydrogens is 518 g/mol. The fraction of sp³-hybridized carbons (Fsp3) is 0.611. The van der Waals surface area contributed by atoms with Gasteiger partial charge in [0.15, 0.2) is 5.96 Å². The van der Waals surface area contributed by atoms with Gasteiger partial charge >= 0.3 is 0 Å². The maximum Gasteiger partial charge on any atom is 0.211 e. The first kappa shape index (κ1) is 27.4. The minimum absolute atomic E-state index is 0. The monoisotopic (exact) mass is 548 g/mol. The van der Waals surface area contributed by atoms with E-state index in [1.807, 2.05) is 20.8 Å². The lowest BCUT2D eigenvalue weighted by atomic mass is 9.84. The van der Waals surface area contributed by atoms with Gasteiger partial charge in [0.25, 0.3) is 0 Å². The molecule has 0 heterocycles. The van der Waals surface area contributed by atoms with E-state index in [4.69, 9.17) is 11.6 Å². The lowest BCUT2D eigenvalue weighted by Gasteiger charge is -2.28. The lowest BCUT2D eigenvalue weighted by molar-refractivity contribution is 0.423. The molecule has 0 saturated carbocycles. The molecular formula is C18H31ClFIN4O2S. The average molecular weight is 549 g/mol. The van der Waals surface area contributed by atoms with E-state index in [1.54, 1.807) is 13.1 Å². The van der Waals surface area contributed by atoms with Gasteiger partial charge in [-0.25, -0.2) is 17.1 Å². The first-order valence-corrected chi connectivity index (χ1v) is 11.1. The molecule has 0 bridgehead atoms. The van der Waals surface area contributed by atoms with Gasteiger partial charge in [0.1, 0.15) is 5.82 Å². The third kappa shape index (κ3) is 8.79. The summed E-state index contributed by atoms with van der Waals surface area (Å²) in [4.78, 5) is 4.18. The maximum absolute atomic E-state index is 13.3. The molecule has 162 valence electrons. The molecule has 0 amide bonds. The highest BCUT2D eigenvalue weighted by molar-refractivity contribution is 14.0. The van der Waals surface area contributed by atoms with E-state index in [9.17, 15) is 12.8 Å². The third-order valence-electron chi connectivity index (χ3n) is 4.28. The topological polar surface area (TPSA) is 73.8 Å². The van der Waals surface area contributed by atoms with Gasteiger partial charge in [-0.05, 0) is 24.1 Å². The predicted molar refractivity (Wildman–Crippen MR) is 126 cm³/mol. The van der Waals surface area contributed by atoms with Crippen molar-refractivity contribution < 1.29 is 12.8 Å². The Labute approximate surface area is 190 Å². The molecule has 0 unspecified atom stereocenters. The maximum atomic E-state index is 13.3. The summed E-state index contributed by atoms with van der Waals surface area (Å²) in [6, 6.07) is 4.41. The SMILES string of the molecule is CCN(CCCNC(=NC)NCC(C)(C)c1ccc(F)cc1Cl)S(C)(=O)=O.I. The quantitative estimate of drug-likeness (QED) is 0.215. The van der Waals surface area contributed by atoms with Gasteiger partial charge in [0.05, 0.1) is 6.26 Å². The molecule has 0 saturated heterocycles. The van der Waals surface area contributed by atoms with Crippen LogP contribution >= 0.6 is 35.6 Å². The van der Waals surface area contributed by atoms with Gasteiger partial charge in [-0.3, -0.25) is 4.99 Å². The molecule has 1 aromatic carbocycles. The lowest BCUT2D eigenvalue weighted by Crippen LogP contribution is -2.44. The second-order valence-corrected chi connectivity index (χ2v) is 9.36. The van der Waals surface area contributed by atoms with Crippen LogP contribution in [0.3, 0.4) is 0 Å². The van der Waals surface area contributed by atoms with E-state index < -0.39 is 10.0 Å². The molecule has 0 fully saturated rings. The Balaban J connectivity index is 0.00000729. The van der Waals surface area contributed by atoms with Crippen molar-refractivity contribution in [1.29, 1.82) is 0 Å². The number of nitrogens with one attached hydrogen (secondary N) is 2. The van der Waals surface area contributed by atoms with Crippen LogP contribution in [0.15, 0.2) is 23.2 Å². The van der Waals surface area contributed by atoms with E-state index in [1.165, 1.54) is 22.7 Å². The molecule has 0 aromatic heterocycles. The highest BCUT2D eigenvalue weighted by Crippen LogP contribution is 2.29. The summed E-state index contributed by atoms with van der Waals surface area (Å²) < 4.78 is 37.9. The van der Waals surface area contributed by atoms with Crippen molar-refractivity contribution in [3.8, 4) is 0 Å². The van der Waals surface area contributed by atoms with Crippen LogP contribution in [0.1, 0.15) is 32.8 Å². The molecule has 0 atom stereocenters. The zero-order valence-electron chi connectivity index (χ0n) is 17.1. The number of hydrogen-bond donors (Lipinski definition) is 2. The third-order valence-corrected chi connectivity index (χ3v) is 5.97. The fourth-order valence-corrected chi connectivity index (χ4v) is 4.03. The van der Waals surface area contributed by atoms with Gasteiger partial charge in [0, 0.05) is 43.7 Å². The number of sulfonamides is 1. The van der Waals surface area contributed by atoms with Crippen LogP contribution in [0.5, 0.6) is 0 Å². The van der Waals surface area contributed by atoms with Gasteiger partial charge in [0.2, 0.25) is 10.0 Å². The number of nitrogens with zero attached hydrogens (tertiary/aromatic N) is 2. The highest BCUT2D eigenvalue weighted by atomic mass is 127. The van der Waals surface area contributed by atoms with Gasteiger partial charge in [-0.15, -0.1) is 24.0 Å². The summed E-state index contributed by atoms with van der Waals surface area (Å²) in [6.45, 7) is 7.88. The van der Waals surface area contributed by atoms with Crippen LogP contribution in [0.4, 0.5) is 4.39 Å². The summed E-state index contributed by atoms with van der Waals surface area (Å²) in [5.41, 5.74) is 0.512. The van der Waals surface area contributed by atoms with Gasteiger partial charge in [-0.1, -0.05) is 38.4 Å². The van der Waals surface area contributed by atoms with E-state index in [2.05, 4.69) is 15.6 Å². The molecule has 10 heteroatoms. The minimum atomic E-state index is -3.17. The highest BCUT2D eigenvalue weighted by Gasteiger charge is 2.24. The zero-order chi connectivity index (χ0) is 20.7. The van der Waals surface area contributed by atoms with Crippen molar-refractivity contribution in [2.45, 2.75) is 32.6 Å². The summed E-state index contributed by atoms with van der Waals surface area (Å²) in [5.74, 6) is 0.254. The van der Waals surface area contributed by atoms with Gasteiger partial charge < -0.3 is 10.6 Å². The van der Waals surface area contributed by atoms with E-state index in [0.29, 0.717) is 43.6 Å². The Morgan fingerprint density at radius 2 is 1.96 bits per heavy atom. The summed E-state index contributed by atoms with van der Waals surface area (Å²) >= 11 is 6.18. The number of guanidine groups is 1. The van der Waals surface area contributed by atoms with Crippen molar-refractivity contribution >= 4 is 51.6 Å². The minimum Gasteiger partial charge on any atom is -0.356 e. The van der Waals surface area contributed by atoms with Crippen molar-refractivity contribution in [2.75, 3.05) is 39.5 Å². The Hall–Kier alpha value is -0.650. The normalized spacial score (nSPS) is 12.6. The van der Waals surface area contributed by atoms with Crippen LogP contribution in [0.25, 0.3) is 0 Å². The number of halogens is 3. The number of rotatable bonds is 9. The van der Waals surface area contributed by atoms with Crippen LogP contribution in [0.2, 0.25) is 5.02 Å². The molecule has 6 nitrogen and oxygen atoms in total. The molecule has 0 aliphatic heterocycles. The Bertz CT molecular complexity index is 760. The van der Waals surface area contributed by atoms with Crippen LogP contribution in [-0.4, -0.2) is 58.2 Å². The summed E-state index contributed by atoms with van der Waals surface area (Å²) in [5, 5.41) is 6.80. The van der Waals surface area contributed by atoms with E-state index >= 15 is 0 Å². The summed E-state index contributed by atoms with van der Waals surface area (Å²) in [7, 11) is -1.50. The largest absolute Gasteiger partial charge is 0.356 e. The Morgan fingerprint density at radius 3 is 2.46 bits per heavy atom. The van der Waals surface area contributed by atoms with Crippen LogP contribution in [0, 0.1) is 5.82 Å². The van der Waals surface area contributed by atoms with Crippen molar-refractivity contribution in [1.82, 2.24) is 14.9 Å². The molecule has 0 radical (unpaired) electrons. The molecule has 0 aliphatic carbocycles. The number of hydrogen-bond acceptors (Lipinski definition) is 3. The molecule has 1 aromatic rings. The second-order valence-electron chi connectivity index (χ2n) is 6.97. The molecule has 0 spiro atoms. The average Bonchev–Trinajstić information content (AvgIpc) is 2.55. The predicted octanol–water partition coefficient (Wildman–Crippen LogP) is 3.21. The van der Waals surface area contributed by atoms with Gasteiger partial charge in [-0.2, -0.15) is 0 Å². The Morgan fingerprint density at radius 1 is 1.32 bits per heavy atom. The van der Waals surface area contributed by atoms with E-state index in [-0.39, 0.29) is 35.2 Å². The Kier molecular flexibility index (Phi) is 11.9. The first-order chi connectivity index (χ1) is 12.5. The van der Waals surface area contributed by atoms with Crippen LogP contribution in [-0.2, 0) is 15.4 Å². The molecule has 28 heavy (non-hydrogen) atoms. The van der Waals surface area contributed by atoms with Crippen molar-refractivity contribution in [2.24, 2.45) is 4.99 Å². The van der Waals surface area contributed by atoms with E-state index in [0.717, 1.165) is 5.56 Å². The van der Waals surface area contributed by atoms with Crippen molar-refractivity contribution in [3.05, 3.63) is 34.6 Å². The fourth-order valence-electron chi connectivity index (χ4n) is 2.68. The van der Waals surface area contributed by atoms with Crippen molar-refractivity contribution in [3.63, 3.8) is 0 Å². The number of aliphatic imine (C=N–C) groups is 1. The molecule has 1 rings (SSSR count). The van der Waals surface area contributed by atoms with Crippen LogP contribution < -0.4 is 10.6 Å². The molecule has 2 N–H and O–H groups in total. The summed E-state index contributed by atoms with van der Waals surface area (Å²) in [6.07, 6.45) is 1.88.